The Morgan fingerprint density at radius 1 is 1.23 bits per heavy atom. The van der Waals surface area contributed by atoms with Crippen LogP contribution in [0, 0.1) is 0 Å². The van der Waals surface area contributed by atoms with Crippen LogP contribution in [0.1, 0.15) is 29.8 Å². The third-order valence-corrected chi connectivity index (χ3v) is 4.82. The number of hydrogen-bond acceptors (Lipinski definition) is 4. The maximum atomic E-state index is 13.0. The number of ether oxygens (including phenoxy) is 1. The van der Waals surface area contributed by atoms with Crippen LogP contribution in [0.2, 0.25) is 10.0 Å². The molecule has 0 aromatic heterocycles. The lowest BCUT2D eigenvalue weighted by Crippen LogP contribution is -2.52. The van der Waals surface area contributed by atoms with E-state index >= 15 is 0 Å². The standard InChI is InChI=1S/C18H16Cl2N2O4/c1-18(2)17(24)22(9-11-12(19)4-3-5-13(11)20)14-8-10(16(23)21-25)6-7-15(14)26-18/h3-8,25H,9H2,1-2H3,(H,21,23). The summed E-state index contributed by atoms with van der Waals surface area (Å²) in [6.07, 6.45) is 0. The molecule has 0 radical (unpaired) electrons. The molecule has 0 spiro atoms. The van der Waals surface area contributed by atoms with E-state index in [-0.39, 0.29) is 18.0 Å². The second-order valence-electron chi connectivity index (χ2n) is 6.33. The minimum atomic E-state index is -1.10. The highest BCUT2D eigenvalue weighted by molar-refractivity contribution is 6.36. The molecule has 0 bridgehead atoms. The summed E-state index contributed by atoms with van der Waals surface area (Å²) in [4.78, 5) is 26.2. The monoisotopic (exact) mass is 394 g/mol. The first-order valence-electron chi connectivity index (χ1n) is 7.77. The Morgan fingerprint density at radius 2 is 1.88 bits per heavy atom. The Labute approximate surface area is 160 Å². The van der Waals surface area contributed by atoms with Crippen LogP contribution in [0.25, 0.3) is 0 Å². The van der Waals surface area contributed by atoms with Crippen LogP contribution in [0.15, 0.2) is 36.4 Å². The molecule has 0 saturated heterocycles. The van der Waals surface area contributed by atoms with Gasteiger partial charge in [-0.25, -0.2) is 5.48 Å². The van der Waals surface area contributed by atoms with Crippen LogP contribution >= 0.6 is 23.2 Å². The van der Waals surface area contributed by atoms with E-state index in [1.54, 1.807) is 43.6 Å². The molecular weight excluding hydrogens is 379 g/mol. The Morgan fingerprint density at radius 3 is 2.50 bits per heavy atom. The topological polar surface area (TPSA) is 78.9 Å². The number of carbonyl (C=O) groups is 2. The number of nitrogens with zero attached hydrogens (tertiary/aromatic N) is 1. The van der Waals surface area contributed by atoms with E-state index in [1.165, 1.54) is 17.0 Å². The number of benzene rings is 2. The molecule has 1 aliphatic rings. The first-order chi connectivity index (χ1) is 12.2. The molecule has 8 heteroatoms. The van der Waals surface area contributed by atoms with Gasteiger partial charge in [-0.05, 0) is 44.2 Å². The summed E-state index contributed by atoms with van der Waals surface area (Å²) in [5.41, 5.74) is 1.64. The molecule has 0 aliphatic carbocycles. The molecule has 0 atom stereocenters. The van der Waals surface area contributed by atoms with Gasteiger partial charge < -0.3 is 9.64 Å². The Bertz CT molecular complexity index is 879. The van der Waals surface area contributed by atoms with Crippen molar-refractivity contribution in [3.05, 3.63) is 57.6 Å². The lowest BCUT2D eigenvalue weighted by molar-refractivity contribution is -0.132. The fourth-order valence-electron chi connectivity index (χ4n) is 2.77. The highest BCUT2D eigenvalue weighted by atomic mass is 35.5. The lowest BCUT2D eigenvalue weighted by Gasteiger charge is -2.39. The van der Waals surface area contributed by atoms with E-state index in [1.807, 2.05) is 0 Å². The van der Waals surface area contributed by atoms with Gasteiger partial charge in [-0.15, -0.1) is 0 Å². The van der Waals surface area contributed by atoms with Gasteiger partial charge in [-0.2, -0.15) is 0 Å². The highest BCUT2D eigenvalue weighted by Crippen LogP contribution is 2.40. The van der Waals surface area contributed by atoms with Gasteiger partial charge >= 0.3 is 0 Å². The van der Waals surface area contributed by atoms with E-state index < -0.39 is 11.5 Å². The first kappa shape index (κ1) is 18.5. The number of fused-ring (bicyclic) bond motifs is 1. The quantitative estimate of drug-likeness (QED) is 0.612. The summed E-state index contributed by atoms with van der Waals surface area (Å²) >= 11 is 12.5. The van der Waals surface area contributed by atoms with Crippen LogP contribution in [-0.4, -0.2) is 22.6 Å². The molecule has 0 unspecified atom stereocenters. The van der Waals surface area contributed by atoms with Gasteiger partial charge in [0.1, 0.15) is 5.75 Å². The Hall–Kier alpha value is -2.28. The second-order valence-corrected chi connectivity index (χ2v) is 7.14. The smallest absolute Gasteiger partial charge is 0.274 e. The van der Waals surface area contributed by atoms with Gasteiger partial charge in [0, 0.05) is 21.2 Å². The zero-order valence-corrected chi connectivity index (χ0v) is 15.6. The van der Waals surface area contributed by atoms with Crippen LogP contribution in [0.4, 0.5) is 5.69 Å². The largest absolute Gasteiger partial charge is 0.476 e. The van der Waals surface area contributed by atoms with Crippen molar-refractivity contribution in [3.8, 4) is 5.75 Å². The molecule has 3 rings (SSSR count). The lowest BCUT2D eigenvalue weighted by atomic mass is 10.0. The molecule has 2 amide bonds. The molecule has 2 N–H and O–H groups in total. The number of nitrogens with one attached hydrogen (secondary N) is 1. The van der Waals surface area contributed by atoms with Crippen molar-refractivity contribution < 1.29 is 19.5 Å². The summed E-state index contributed by atoms with van der Waals surface area (Å²) < 4.78 is 5.78. The molecule has 136 valence electrons. The SMILES string of the molecule is CC1(C)Oc2ccc(C(=O)NO)cc2N(Cc2c(Cl)cccc2Cl)C1=O. The zero-order chi connectivity index (χ0) is 19.1. The summed E-state index contributed by atoms with van der Waals surface area (Å²) in [6, 6.07) is 9.65. The fraction of sp³-hybridized carbons (Fsp3) is 0.222. The summed E-state index contributed by atoms with van der Waals surface area (Å²) in [7, 11) is 0. The van der Waals surface area contributed by atoms with Gasteiger partial charge in [0.15, 0.2) is 5.60 Å². The van der Waals surface area contributed by atoms with E-state index in [2.05, 4.69) is 0 Å². The summed E-state index contributed by atoms with van der Waals surface area (Å²) in [5, 5.41) is 9.72. The van der Waals surface area contributed by atoms with Gasteiger partial charge in [-0.3, -0.25) is 14.8 Å². The maximum Gasteiger partial charge on any atom is 0.274 e. The van der Waals surface area contributed by atoms with E-state index in [9.17, 15) is 9.59 Å². The van der Waals surface area contributed by atoms with Crippen molar-refractivity contribution in [2.24, 2.45) is 0 Å². The number of halogens is 2. The zero-order valence-electron chi connectivity index (χ0n) is 14.0. The second kappa shape index (κ2) is 6.79. The van der Waals surface area contributed by atoms with Crippen molar-refractivity contribution in [3.63, 3.8) is 0 Å². The summed E-state index contributed by atoms with van der Waals surface area (Å²) in [6.45, 7) is 3.43. The predicted molar refractivity (Wildman–Crippen MR) is 98.1 cm³/mol. The number of hydroxylamine groups is 1. The molecule has 2 aromatic rings. The normalized spacial score (nSPS) is 15.3. The van der Waals surface area contributed by atoms with E-state index in [0.29, 0.717) is 27.0 Å². The predicted octanol–water partition coefficient (Wildman–Crippen LogP) is 3.82. The third-order valence-electron chi connectivity index (χ3n) is 4.12. The number of carbonyl (C=O) groups excluding carboxylic acids is 2. The van der Waals surface area contributed by atoms with Crippen molar-refractivity contribution in [1.82, 2.24) is 5.48 Å². The van der Waals surface area contributed by atoms with Crippen molar-refractivity contribution in [2.45, 2.75) is 26.0 Å². The third kappa shape index (κ3) is 3.23. The first-order valence-corrected chi connectivity index (χ1v) is 8.52. The Kier molecular flexibility index (Phi) is 4.84. The molecule has 2 aromatic carbocycles. The number of rotatable bonds is 3. The van der Waals surface area contributed by atoms with Gasteiger partial charge in [0.25, 0.3) is 11.8 Å². The van der Waals surface area contributed by atoms with E-state index in [0.717, 1.165) is 0 Å². The molecular formula is C18H16Cl2N2O4. The Balaban J connectivity index is 2.11. The molecule has 6 nitrogen and oxygen atoms in total. The molecule has 1 heterocycles. The van der Waals surface area contributed by atoms with Crippen LogP contribution in [0.5, 0.6) is 5.75 Å². The van der Waals surface area contributed by atoms with Crippen molar-refractivity contribution in [1.29, 1.82) is 0 Å². The molecule has 0 fully saturated rings. The van der Waals surface area contributed by atoms with Gasteiger partial charge in [0.2, 0.25) is 0 Å². The van der Waals surface area contributed by atoms with Crippen LogP contribution < -0.4 is 15.1 Å². The van der Waals surface area contributed by atoms with Crippen molar-refractivity contribution in [2.75, 3.05) is 4.90 Å². The average molecular weight is 395 g/mol. The van der Waals surface area contributed by atoms with Crippen LogP contribution in [0.3, 0.4) is 0 Å². The number of amides is 2. The molecule has 1 aliphatic heterocycles. The maximum absolute atomic E-state index is 13.0. The highest BCUT2D eigenvalue weighted by Gasteiger charge is 2.41. The minimum Gasteiger partial charge on any atom is -0.476 e. The minimum absolute atomic E-state index is 0.112. The van der Waals surface area contributed by atoms with Crippen molar-refractivity contribution >= 4 is 40.7 Å². The van der Waals surface area contributed by atoms with E-state index in [4.69, 9.17) is 33.1 Å². The fourth-order valence-corrected chi connectivity index (χ4v) is 3.29. The summed E-state index contributed by atoms with van der Waals surface area (Å²) in [5.74, 6) is -0.560. The number of anilines is 1. The molecule has 0 saturated carbocycles. The average Bonchev–Trinajstić information content (AvgIpc) is 2.60. The molecule has 26 heavy (non-hydrogen) atoms. The number of hydrogen-bond donors (Lipinski definition) is 2. The van der Waals surface area contributed by atoms with Crippen LogP contribution in [-0.2, 0) is 11.3 Å². The van der Waals surface area contributed by atoms with Gasteiger partial charge in [-0.1, -0.05) is 29.3 Å². The van der Waals surface area contributed by atoms with Gasteiger partial charge in [0.05, 0.1) is 12.2 Å².